The molecule has 14 heavy (non-hydrogen) atoms. The molecule has 1 aromatic rings. The summed E-state index contributed by atoms with van der Waals surface area (Å²) >= 11 is 7.64. The average Bonchev–Trinajstić information content (AvgIpc) is 2.17. The largest absolute Gasteiger partial charge is 0.481 e. The highest BCUT2D eigenvalue weighted by Crippen LogP contribution is 2.41. The lowest BCUT2D eigenvalue weighted by Gasteiger charge is -2.22. The van der Waals surface area contributed by atoms with E-state index in [1.54, 1.807) is 17.8 Å². The number of aliphatic carboxylic acids is 1. The predicted octanol–water partition coefficient (Wildman–Crippen LogP) is 3.00. The maximum atomic E-state index is 11.0. The Bertz CT molecular complexity index is 378. The Morgan fingerprint density at radius 1 is 1.57 bits per heavy atom. The fourth-order valence-corrected chi connectivity index (χ4v) is 3.13. The topological polar surface area (TPSA) is 37.3 Å². The number of carbonyl (C=O) groups is 1. The summed E-state index contributed by atoms with van der Waals surface area (Å²) in [6.45, 7) is 0. The lowest BCUT2D eigenvalue weighted by molar-refractivity contribution is -0.138. The molecule has 0 bridgehead atoms. The van der Waals surface area contributed by atoms with Crippen LogP contribution in [0, 0.1) is 0 Å². The van der Waals surface area contributed by atoms with Crippen molar-refractivity contribution in [2.45, 2.75) is 17.2 Å². The second-order valence-corrected chi connectivity index (χ2v) is 4.70. The molecule has 0 saturated carbocycles. The maximum Gasteiger partial charge on any atom is 0.311 e. The van der Waals surface area contributed by atoms with Gasteiger partial charge in [-0.1, -0.05) is 23.7 Å². The van der Waals surface area contributed by atoms with Crippen molar-refractivity contribution in [3.8, 4) is 0 Å². The monoisotopic (exact) mass is 228 g/mol. The maximum absolute atomic E-state index is 11.0. The van der Waals surface area contributed by atoms with Crippen LogP contribution in [0.1, 0.15) is 17.9 Å². The van der Waals surface area contributed by atoms with Crippen LogP contribution in [-0.4, -0.2) is 16.8 Å². The van der Waals surface area contributed by atoms with Gasteiger partial charge >= 0.3 is 5.97 Å². The Labute approximate surface area is 91.3 Å². The fourth-order valence-electron chi connectivity index (χ4n) is 1.64. The number of thioether (sulfide) groups is 1. The molecule has 0 aromatic heterocycles. The van der Waals surface area contributed by atoms with E-state index < -0.39 is 5.97 Å². The standard InChI is InChI=1S/C10H9ClO2S/c11-8-3-1-2-6-7(10(12)13)4-5-14-9(6)8/h1-3,7H,4-5H2,(H,12,13). The van der Waals surface area contributed by atoms with E-state index in [1.807, 2.05) is 12.1 Å². The molecule has 1 aromatic carbocycles. The molecule has 1 aliphatic heterocycles. The number of halogens is 1. The van der Waals surface area contributed by atoms with Crippen LogP contribution in [0.3, 0.4) is 0 Å². The van der Waals surface area contributed by atoms with Gasteiger partial charge in [0.1, 0.15) is 0 Å². The predicted molar refractivity (Wildman–Crippen MR) is 57.2 cm³/mol. The molecule has 0 aliphatic carbocycles. The summed E-state index contributed by atoms with van der Waals surface area (Å²) in [5.41, 5.74) is 0.862. The van der Waals surface area contributed by atoms with Crippen LogP contribution in [0.5, 0.6) is 0 Å². The van der Waals surface area contributed by atoms with Crippen LogP contribution in [0.2, 0.25) is 5.02 Å². The Kier molecular flexibility index (Phi) is 2.70. The third kappa shape index (κ3) is 1.62. The molecule has 1 aliphatic rings. The number of carboxylic acids is 1. The molecule has 0 saturated heterocycles. The minimum Gasteiger partial charge on any atom is -0.481 e. The van der Waals surface area contributed by atoms with Crippen molar-refractivity contribution in [2.24, 2.45) is 0 Å². The van der Waals surface area contributed by atoms with Crippen molar-refractivity contribution in [3.63, 3.8) is 0 Å². The van der Waals surface area contributed by atoms with E-state index in [1.165, 1.54) is 0 Å². The Hall–Kier alpha value is -0.670. The Morgan fingerprint density at radius 2 is 2.36 bits per heavy atom. The number of hydrogen-bond acceptors (Lipinski definition) is 2. The first-order valence-corrected chi connectivity index (χ1v) is 5.70. The highest BCUT2D eigenvalue weighted by molar-refractivity contribution is 7.99. The molecule has 1 unspecified atom stereocenters. The van der Waals surface area contributed by atoms with Crippen molar-refractivity contribution in [1.29, 1.82) is 0 Å². The van der Waals surface area contributed by atoms with Gasteiger partial charge < -0.3 is 5.11 Å². The highest BCUT2D eigenvalue weighted by Gasteiger charge is 2.27. The van der Waals surface area contributed by atoms with Gasteiger partial charge in [-0.05, 0) is 23.8 Å². The molecule has 1 atom stereocenters. The molecule has 2 rings (SSSR count). The van der Waals surface area contributed by atoms with Crippen LogP contribution in [0.25, 0.3) is 0 Å². The van der Waals surface area contributed by atoms with Crippen molar-refractivity contribution in [2.75, 3.05) is 5.75 Å². The Morgan fingerprint density at radius 3 is 3.07 bits per heavy atom. The average molecular weight is 229 g/mol. The summed E-state index contributed by atoms with van der Waals surface area (Å²) in [5, 5.41) is 9.69. The number of carboxylic acid groups (broad SMARTS) is 1. The number of benzene rings is 1. The van der Waals surface area contributed by atoms with Gasteiger partial charge in [0.2, 0.25) is 0 Å². The molecule has 1 heterocycles. The number of hydrogen-bond donors (Lipinski definition) is 1. The third-order valence-electron chi connectivity index (χ3n) is 2.32. The smallest absolute Gasteiger partial charge is 0.311 e. The quantitative estimate of drug-likeness (QED) is 0.803. The normalized spacial score (nSPS) is 20.2. The van der Waals surface area contributed by atoms with Crippen LogP contribution in [-0.2, 0) is 4.79 Å². The zero-order valence-electron chi connectivity index (χ0n) is 7.37. The summed E-state index contributed by atoms with van der Waals surface area (Å²) in [6, 6.07) is 5.47. The molecule has 0 spiro atoms. The molecule has 4 heteroatoms. The lowest BCUT2D eigenvalue weighted by Crippen LogP contribution is -2.16. The Balaban J connectivity index is 2.49. The molecule has 1 N–H and O–H groups in total. The summed E-state index contributed by atoms with van der Waals surface area (Å²) in [4.78, 5) is 11.9. The van der Waals surface area contributed by atoms with Gasteiger partial charge in [-0.15, -0.1) is 11.8 Å². The minimum atomic E-state index is -0.756. The van der Waals surface area contributed by atoms with E-state index in [0.29, 0.717) is 11.4 Å². The number of rotatable bonds is 1. The first-order chi connectivity index (χ1) is 6.70. The van der Waals surface area contributed by atoms with E-state index in [4.69, 9.17) is 16.7 Å². The zero-order chi connectivity index (χ0) is 10.1. The van der Waals surface area contributed by atoms with Gasteiger partial charge in [0.15, 0.2) is 0 Å². The van der Waals surface area contributed by atoms with Gasteiger partial charge in [0, 0.05) is 4.90 Å². The number of fused-ring (bicyclic) bond motifs is 1. The van der Waals surface area contributed by atoms with Gasteiger partial charge in [0.25, 0.3) is 0 Å². The van der Waals surface area contributed by atoms with Crippen LogP contribution in [0.15, 0.2) is 23.1 Å². The van der Waals surface area contributed by atoms with Crippen molar-refractivity contribution in [1.82, 2.24) is 0 Å². The van der Waals surface area contributed by atoms with Gasteiger partial charge in [-0.3, -0.25) is 4.79 Å². The van der Waals surface area contributed by atoms with Crippen LogP contribution in [0.4, 0.5) is 0 Å². The van der Waals surface area contributed by atoms with Gasteiger partial charge in [0.05, 0.1) is 10.9 Å². The van der Waals surface area contributed by atoms with E-state index >= 15 is 0 Å². The van der Waals surface area contributed by atoms with Crippen LogP contribution >= 0.6 is 23.4 Å². The summed E-state index contributed by atoms with van der Waals surface area (Å²) in [7, 11) is 0. The minimum absolute atomic E-state index is 0.384. The lowest BCUT2D eigenvalue weighted by atomic mass is 9.96. The van der Waals surface area contributed by atoms with Crippen molar-refractivity contribution >= 4 is 29.3 Å². The van der Waals surface area contributed by atoms with E-state index in [9.17, 15) is 4.79 Å². The van der Waals surface area contributed by atoms with Crippen LogP contribution < -0.4 is 0 Å². The molecule has 2 nitrogen and oxygen atoms in total. The molecule has 0 amide bonds. The fraction of sp³-hybridized carbons (Fsp3) is 0.300. The highest BCUT2D eigenvalue weighted by atomic mass is 35.5. The SMILES string of the molecule is O=C(O)C1CCSc2c(Cl)cccc21. The summed E-state index contributed by atoms with van der Waals surface area (Å²) in [6.07, 6.45) is 0.688. The third-order valence-corrected chi connectivity index (χ3v) is 3.94. The second kappa shape index (κ2) is 3.83. The van der Waals surface area contributed by atoms with E-state index in [-0.39, 0.29) is 5.92 Å². The zero-order valence-corrected chi connectivity index (χ0v) is 8.94. The van der Waals surface area contributed by atoms with E-state index in [2.05, 4.69) is 0 Å². The summed E-state index contributed by atoms with van der Waals surface area (Å²) in [5.74, 6) is -0.313. The molecule has 0 radical (unpaired) electrons. The molecule has 74 valence electrons. The summed E-state index contributed by atoms with van der Waals surface area (Å²) < 4.78 is 0. The molecular weight excluding hydrogens is 220 g/mol. The first-order valence-electron chi connectivity index (χ1n) is 4.34. The van der Waals surface area contributed by atoms with Crippen molar-refractivity contribution in [3.05, 3.63) is 28.8 Å². The molecule has 0 fully saturated rings. The molecular formula is C10H9ClO2S. The first kappa shape index (κ1) is 9.87. The van der Waals surface area contributed by atoms with Crippen molar-refractivity contribution < 1.29 is 9.90 Å². The second-order valence-electron chi connectivity index (χ2n) is 3.19. The van der Waals surface area contributed by atoms with Gasteiger partial charge in [-0.25, -0.2) is 0 Å². The van der Waals surface area contributed by atoms with E-state index in [0.717, 1.165) is 16.2 Å². The van der Waals surface area contributed by atoms with Gasteiger partial charge in [-0.2, -0.15) is 0 Å².